The largest absolute Gasteiger partial charge is 0.497 e. The van der Waals surface area contributed by atoms with Crippen molar-refractivity contribution in [3.05, 3.63) is 53.9 Å². The zero-order valence-electron chi connectivity index (χ0n) is 16.4. The third-order valence-corrected chi connectivity index (χ3v) is 4.91. The first-order valence-corrected chi connectivity index (χ1v) is 9.20. The standard InChI is InChI=1S/C21H27N3O3/c1-21(2,3)24-10-9-17(15-24)20(26)23-13-11-22(12-14-23)19(25)16-5-7-18(27-4)8-6-16/h5-10,15H,11-14H2,1-4H3. The third kappa shape index (κ3) is 4.15. The molecular formula is C21H27N3O3. The molecule has 0 unspecified atom stereocenters. The SMILES string of the molecule is COc1ccc(C(=O)N2CCN(C(=O)c3ccn(C(C)(C)C)c3)CC2)cc1. The number of nitrogens with zero attached hydrogens (tertiary/aromatic N) is 3. The van der Waals surface area contributed by atoms with E-state index in [0.717, 1.165) is 5.75 Å². The first-order chi connectivity index (χ1) is 12.8. The average molecular weight is 369 g/mol. The van der Waals surface area contributed by atoms with E-state index in [1.807, 2.05) is 27.9 Å². The summed E-state index contributed by atoms with van der Waals surface area (Å²) in [5.41, 5.74) is 1.28. The highest BCUT2D eigenvalue weighted by Gasteiger charge is 2.26. The molecular weight excluding hydrogens is 342 g/mol. The molecule has 1 aromatic carbocycles. The second-order valence-electron chi connectivity index (χ2n) is 7.79. The quantitative estimate of drug-likeness (QED) is 0.836. The molecule has 2 aromatic rings. The Hall–Kier alpha value is -2.76. The Morgan fingerprint density at radius 1 is 0.852 bits per heavy atom. The minimum absolute atomic E-state index is 0.0105. The van der Waals surface area contributed by atoms with Crippen LogP contribution in [0, 0.1) is 0 Å². The zero-order valence-corrected chi connectivity index (χ0v) is 16.4. The van der Waals surface area contributed by atoms with E-state index < -0.39 is 0 Å². The van der Waals surface area contributed by atoms with E-state index >= 15 is 0 Å². The highest BCUT2D eigenvalue weighted by molar-refractivity contribution is 5.96. The Kier molecular flexibility index (Phi) is 5.26. The maximum Gasteiger partial charge on any atom is 0.255 e. The normalized spacial score (nSPS) is 15.0. The molecule has 6 heteroatoms. The van der Waals surface area contributed by atoms with Crippen LogP contribution in [0.25, 0.3) is 0 Å². The lowest BCUT2D eigenvalue weighted by atomic mass is 10.1. The maximum absolute atomic E-state index is 12.8. The first-order valence-electron chi connectivity index (χ1n) is 9.20. The van der Waals surface area contributed by atoms with Crippen molar-refractivity contribution in [2.45, 2.75) is 26.3 Å². The van der Waals surface area contributed by atoms with E-state index in [-0.39, 0.29) is 17.4 Å². The topological polar surface area (TPSA) is 54.8 Å². The molecule has 0 spiro atoms. The summed E-state index contributed by atoms with van der Waals surface area (Å²) >= 11 is 0. The summed E-state index contributed by atoms with van der Waals surface area (Å²) in [5.74, 6) is 0.738. The zero-order chi connectivity index (χ0) is 19.6. The van der Waals surface area contributed by atoms with Crippen molar-refractivity contribution >= 4 is 11.8 Å². The van der Waals surface area contributed by atoms with Gasteiger partial charge in [0.15, 0.2) is 0 Å². The lowest BCUT2D eigenvalue weighted by molar-refractivity contribution is 0.0535. The fraction of sp³-hybridized carbons (Fsp3) is 0.429. The van der Waals surface area contributed by atoms with Crippen molar-refractivity contribution in [3.63, 3.8) is 0 Å². The van der Waals surface area contributed by atoms with Gasteiger partial charge in [0.2, 0.25) is 0 Å². The molecule has 1 fully saturated rings. The summed E-state index contributed by atoms with van der Waals surface area (Å²) in [6.45, 7) is 8.47. The second kappa shape index (κ2) is 7.47. The average Bonchev–Trinajstić information content (AvgIpc) is 3.18. The summed E-state index contributed by atoms with van der Waals surface area (Å²) in [6.07, 6.45) is 3.84. The molecule has 0 bridgehead atoms. The van der Waals surface area contributed by atoms with Gasteiger partial charge in [-0.3, -0.25) is 9.59 Å². The van der Waals surface area contributed by atoms with E-state index in [2.05, 4.69) is 20.8 Å². The van der Waals surface area contributed by atoms with Gasteiger partial charge in [-0.2, -0.15) is 0 Å². The number of carbonyl (C=O) groups is 2. The summed E-state index contributed by atoms with van der Waals surface area (Å²) in [5, 5.41) is 0. The molecule has 1 aromatic heterocycles. The van der Waals surface area contributed by atoms with Gasteiger partial charge in [0.25, 0.3) is 11.8 Å². The van der Waals surface area contributed by atoms with Crippen LogP contribution in [-0.2, 0) is 5.54 Å². The Morgan fingerprint density at radius 2 is 1.37 bits per heavy atom. The van der Waals surface area contributed by atoms with Crippen LogP contribution in [0.1, 0.15) is 41.5 Å². The summed E-state index contributed by atoms with van der Waals surface area (Å²) in [7, 11) is 1.60. The molecule has 6 nitrogen and oxygen atoms in total. The Labute approximate surface area is 160 Å². The molecule has 1 aliphatic heterocycles. The minimum atomic E-state index is -0.0536. The van der Waals surface area contributed by atoms with Crippen LogP contribution in [0.3, 0.4) is 0 Å². The Balaban J connectivity index is 1.60. The van der Waals surface area contributed by atoms with E-state index in [1.54, 1.807) is 36.3 Å². The van der Waals surface area contributed by atoms with Crippen LogP contribution in [-0.4, -0.2) is 59.5 Å². The monoisotopic (exact) mass is 369 g/mol. The Morgan fingerprint density at radius 3 is 1.81 bits per heavy atom. The van der Waals surface area contributed by atoms with Gasteiger partial charge in [0, 0.05) is 49.7 Å². The van der Waals surface area contributed by atoms with Gasteiger partial charge in [0.1, 0.15) is 5.75 Å². The Bertz CT molecular complexity index is 810. The maximum atomic E-state index is 12.8. The molecule has 3 rings (SSSR count). The molecule has 2 heterocycles. The molecule has 27 heavy (non-hydrogen) atoms. The second-order valence-corrected chi connectivity index (χ2v) is 7.79. The van der Waals surface area contributed by atoms with Crippen LogP contribution in [0.5, 0.6) is 5.75 Å². The highest BCUT2D eigenvalue weighted by Crippen LogP contribution is 2.18. The van der Waals surface area contributed by atoms with Gasteiger partial charge < -0.3 is 19.1 Å². The molecule has 1 saturated heterocycles. The fourth-order valence-electron chi connectivity index (χ4n) is 3.15. The number of ether oxygens (including phenoxy) is 1. The molecule has 1 aliphatic rings. The van der Waals surface area contributed by atoms with Crippen molar-refractivity contribution < 1.29 is 14.3 Å². The lowest BCUT2D eigenvalue weighted by Crippen LogP contribution is -2.50. The summed E-state index contributed by atoms with van der Waals surface area (Å²) in [6, 6.07) is 8.98. The summed E-state index contributed by atoms with van der Waals surface area (Å²) < 4.78 is 7.17. The summed E-state index contributed by atoms with van der Waals surface area (Å²) in [4.78, 5) is 29.0. The van der Waals surface area contributed by atoms with Gasteiger partial charge in [-0.15, -0.1) is 0 Å². The number of piperazine rings is 1. The van der Waals surface area contributed by atoms with Crippen LogP contribution in [0.15, 0.2) is 42.7 Å². The van der Waals surface area contributed by atoms with Gasteiger partial charge in [-0.25, -0.2) is 0 Å². The number of benzene rings is 1. The predicted molar refractivity (Wildman–Crippen MR) is 104 cm³/mol. The fourth-order valence-corrected chi connectivity index (χ4v) is 3.15. The van der Waals surface area contributed by atoms with E-state index in [9.17, 15) is 9.59 Å². The van der Waals surface area contributed by atoms with E-state index in [0.29, 0.717) is 37.3 Å². The predicted octanol–water partition coefficient (Wildman–Crippen LogP) is 2.85. The number of rotatable bonds is 3. The van der Waals surface area contributed by atoms with Crippen molar-refractivity contribution in [2.75, 3.05) is 33.3 Å². The molecule has 2 amide bonds. The van der Waals surface area contributed by atoms with Crippen LogP contribution in [0.4, 0.5) is 0 Å². The molecule has 0 N–H and O–H groups in total. The van der Waals surface area contributed by atoms with E-state index in [4.69, 9.17) is 4.74 Å². The highest BCUT2D eigenvalue weighted by atomic mass is 16.5. The molecule has 0 radical (unpaired) electrons. The minimum Gasteiger partial charge on any atom is -0.497 e. The van der Waals surface area contributed by atoms with E-state index in [1.165, 1.54) is 0 Å². The van der Waals surface area contributed by atoms with Gasteiger partial charge in [0.05, 0.1) is 12.7 Å². The van der Waals surface area contributed by atoms with Gasteiger partial charge in [-0.05, 0) is 51.1 Å². The number of hydrogen-bond acceptors (Lipinski definition) is 3. The number of carbonyl (C=O) groups excluding carboxylic acids is 2. The van der Waals surface area contributed by atoms with Crippen molar-refractivity contribution in [1.82, 2.24) is 14.4 Å². The van der Waals surface area contributed by atoms with Crippen LogP contribution < -0.4 is 4.74 Å². The smallest absolute Gasteiger partial charge is 0.255 e. The van der Waals surface area contributed by atoms with Crippen molar-refractivity contribution in [3.8, 4) is 5.75 Å². The lowest BCUT2D eigenvalue weighted by Gasteiger charge is -2.34. The van der Waals surface area contributed by atoms with Crippen LogP contribution >= 0.6 is 0 Å². The third-order valence-electron chi connectivity index (χ3n) is 4.91. The molecule has 144 valence electrons. The molecule has 0 saturated carbocycles. The molecule has 0 aliphatic carbocycles. The van der Waals surface area contributed by atoms with Gasteiger partial charge in [-0.1, -0.05) is 0 Å². The van der Waals surface area contributed by atoms with Crippen LogP contribution in [0.2, 0.25) is 0 Å². The molecule has 0 atom stereocenters. The van der Waals surface area contributed by atoms with Gasteiger partial charge >= 0.3 is 0 Å². The van der Waals surface area contributed by atoms with Crippen molar-refractivity contribution in [2.24, 2.45) is 0 Å². The number of amides is 2. The number of aromatic nitrogens is 1. The first kappa shape index (κ1) is 19.0. The number of hydrogen-bond donors (Lipinski definition) is 0. The number of methoxy groups -OCH3 is 1. The van der Waals surface area contributed by atoms with Crippen molar-refractivity contribution in [1.29, 1.82) is 0 Å².